The van der Waals surface area contributed by atoms with Crippen molar-refractivity contribution < 1.29 is 4.74 Å². The molecule has 0 saturated heterocycles. The number of nitrogens with zero attached hydrogens (tertiary/aromatic N) is 1. The summed E-state index contributed by atoms with van der Waals surface area (Å²) < 4.78 is 5.48. The van der Waals surface area contributed by atoms with Crippen LogP contribution in [0.5, 0.6) is 5.75 Å². The van der Waals surface area contributed by atoms with Crippen LogP contribution in [-0.4, -0.2) is 25.1 Å². The molecule has 0 amide bonds. The number of ether oxygens (including phenoxy) is 1. The molecule has 1 saturated carbocycles. The molecule has 1 aliphatic carbocycles. The molecular formula is C17H28N2O. The standard InChI is InChI=1S/C17H28N2O/c1-13-4-7-16(8-5-13)19(2)12-15-10-14(11-18)6-9-17(15)20-3/h6,9-10,13,16H,4-5,7-8,11-12,18H2,1-3H3. The van der Waals surface area contributed by atoms with Gasteiger partial charge in [-0.05, 0) is 56.3 Å². The summed E-state index contributed by atoms with van der Waals surface area (Å²) in [6.45, 7) is 3.89. The summed E-state index contributed by atoms with van der Waals surface area (Å²) in [7, 11) is 3.97. The molecule has 2 rings (SSSR count). The highest BCUT2D eigenvalue weighted by molar-refractivity contribution is 5.37. The van der Waals surface area contributed by atoms with Crippen molar-refractivity contribution in [2.24, 2.45) is 11.7 Å². The van der Waals surface area contributed by atoms with Gasteiger partial charge in [0.15, 0.2) is 0 Å². The van der Waals surface area contributed by atoms with Crippen molar-refractivity contribution in [3.05, 3.63) is 29.3 Å². The van der Waals surface area contributed by atoms with Gasteiger partial charge in [0.05, 0.1) is 7.11 Å². The highest BCUT2D eigenvalue weighted by Crippen LogP contribution is 2.29. The monoisotopic (exact) mass is 276 g/mol. The number of methoxy groups -OCH3 is 1. The van der Waals surface area contributed by atoms with Crippen LogP contribution in [0.1, 0.15) is 43.7 Å². The summed E-state index contributed by atoms with van der Waals surface area (Å²) >= 11 is 0. The minimum absolute atomic E-state index is 0.585. The largest absolute Gasteiger partial charge is 0.496 e. The predicted octanol–water partition coefficient (Wildman–Crippen LogP) is 3.16. The predicted molar refractivity (Wildman–Crippen MR) is 83.8 cm³/mol. The lowest BCUT2D eigenvalue weighted by Crippen LogP contribution is -2.34. The smallest absolute Gasteiger partial charge is 0.123 e. The van der Waals surface area contributed by atoms with Crippen LogP contribution in [0, 0.1) is 5.92 Å². The van der Waals surface area contributed by atoms with Crippen molar-refractivity contribution in [2.75, 3.05) is 14.2 Å². The molecule has 0 atom stereocenters. The minimum atomic E-state index is 0.585. The first-order valence-corrected chi connectivity index (χ1v) is 7.70. The normalized spacial score (nSPS) is 23.1. The summed E-state index contributed by atoms with van der Waals surface area (Å²) in [4.78, 5) is 2.48. The Balaban J connectivity index is 2.04. The van der Waals surface area contributed by atoms with E-state index in [1.165, 1.54) is 36.8 Å². The van der Waals surface area contributed by atoms with E-state index < -0.39 is 0 Å². The lowest BCUT2D eigenvalue weighted by molar-refractivity contribution is 0.162. The molecule has 0 radical (unpaired) electrons. The Bertz CT molecular complexity index is 425. The summed E-state index contributed by atoms with van der Waals surface area (Å²) in [5, 5.41) is 0. The Hall–Kier alpha value is -1.06. The second kappa shape index (κ2) is 7.09. The maximum atomic E-state index is 5.74. The average Bonchev–Trinajstić information content (AvgIpc) is 2.47. The first-order chi connectivity index (χ1) is 9.63. The summed E-state index contributed by atoms with van der Waals surface area (Å²) in [6.07, 6.45) is 5.34. The van der Waals surface area contributed by atoms with E-state index in [2.05, 4.69) is 24.9 Å². The topological polar surface area (TPSA) is 38.5 Å². The molecule has 1 aliphatic rings. The van der Waals surface area contributed by atoms with Crippen LogP contribution >= 0.6 is 0 Å². The van der Waals surface area contributed by atoms with E-state index in [9.17, 15) is 0 Å². The number of hydrogen-bond donors (Lipinski definition) is 1. The molecule has 20 heavy (non-hydrogen) atoms. The number of rotatable bonds is 5. The second-order valence-electron chi connectivity index (χ2n) is 6.18. The number of benzene rings is 1. The fourth-order valence-electron chi connectivity index (χ4n) is 3.16. The van der Waals surface area contributed by atoms with Gasteiger partial charge in [-0.25, -0.2) is 0 Å². The van der Waals surface area contributed by atoms with E-state index >= 15 is 0 Å². The van der Waals surface area contributed by atoms with Gasteiger partial charge < -0.3 is 10.5 Å². The fourth-order valence-corrected chi connectivity index (χ4v) is 3.16. The third kappa shape index (κ3) is 3.74. The van der Waals surface area contributed by atoms with E-state index in [4.69, 9.17) is 10.5 Å². The molecule has 1 fully saturated rings. The van der Waals surface area contributed by atoms with Gasteiger partial charge in [0.25, 0.3) is 0 Å². The van der Waals surface area contributed by atoms with Crippen molar-refractivity contribution in [2.45, 2.75) is 51.7 Å². The van der Waals surface area contributed by atoms with Gasteiger partial charge in [-0.15, -0.1) is 0 Å². The molecule has 1 aromatic carbocycles. The Labute approximate surface area is 123 Å². The zero-order valence-corrected chi connectivity index (χ0v) is 13.1. The van der Waals surface area contributed by atoms with Crippen molar-refractivity contribution >= 4 is 0 Å². The molecule has 2 N–H and O–H groups in total. The number of nitrogens with two attached hydrogens (primary N) is 1. The lowest BCUT2D eigenvalue weighted by atomic mass is 9.86. The Morgan fingerprint density at radius 1 is 1.25 bits per heavy atom. The SMILES string of the molecule is COc1ccc(CN)cc1CN(C)C1CCC(C)CC1. The first-order valence-electron chi connectivity index (χ1n) is 7.70. The van der Waals surface area contributed by atoms with Gasteiger partial charge in [-0.3, -0.25) is 4.90 Å². The Morgan fingerprint density at radius 3 is 2.55 bits per heavy atom. The average molecular weight is 276 g/mol. The summed E-state index contributed by atoms with van der Waals surface area (Å²) in [5.41, 5.74) is 8.16. The van der Waals surface area contributed by atoms with Crippen molar-refractivity contribution in [1.29, 1.82) is 0 Å². The highest BCUT2D eigenvalue weighted by atomic mass is 16.5. The van der Waals surface area contributed by atoms with Crippen molar-refractivity contribution in [3.8, 4) is 5.75 Å². The molecule has 3 nitrogen and oxygen atoms in total. The highest BCUT2D eigenvalue weighted by Gasteiger charge is 2.22. The molecule has 0 unspecified atom stereocenters. The fraction of sp³-hybridized carbons (Fsp3) is 0.647. The van der Waals surface area contributed by atoms with Gasteiger partial charge in [-0.2, -0.15) is 0 Å². The molecule has 0 aliphatic heterocycles. The van der Waals surface area contributed by atoms with Crippen LogP contribution in [0.25, 0.3) is 0 Å². The van der Waals surface area contributed by atoms with Gasteiger partial charge in [0.2, 0.25) is 0 Å². The van der Waals surface area contributed by atoms with Gasteiger partial charge >= 0.3 is 0 Å². The third-order valence-electron chi connectivity index (χ3n) is 4.61. The van der Waals surface area contributed by atoms with Gasteiger partial charge in [0, 0.05) is 24.7 Å². The van der Waals surface area contributed by atoms with Crippen LogP contribution in [0.3, 0.4) is 0 Å². The van der Waals surface area contributed by atoms with Crippen LogP contribution < -0.4 is 10.5 Å². The molecule has 112 valence electrons. The van der Waals surface area contributed by atoms with Gasteiger partial charge in [0.1, 0.15) is 5.75 Å². The Morgan fingerprint density at radius 2 is 1.95 bits per heavy atom. The third-order valence-corrected chi connectivity index (χ3v) is 4.61. The molecule has 0 spiro atoms. The summed E-state index contributed by atoms with van der Waals surface area (Å²) in [5.74, 6) is 1.87. The maximum absolute atomic E-state index is 5.74. The lowest BCUT2D eigenvalue weighted by Gasteiger charge is -2.34. The Kier molecular flexibility index (Phi) is 5.44. The van der Waals surface area contributed by atoms with E-state index in [1.807, 2.05) is 12.1 Å². The maximum Gasteiger partial charge on any atom is 0.123 e. The zero-order chi connectivity index (χ0) is 14.5. The molecule has 0 bridgehead atoms. The van der Waals surface area contributed by atoms with Crippen LogP contribution in [-0.2, 0) is 13.1 Å². The molecule has 0 heterocycles. The number of hydrogen-bond acceptors (Lipinski definition) is 3. The second-order valence-corrected chi connectivity index (χ2v) is 6.18. The first kappa shape index (κ1) is 15.3. The van der Waals surface area contributed by atoms with Crippen LogP contribution in [0.2, 0.25) is 0 Å². The van der Waals surface area contributed by atoms with Gasteiger partial charge in [-0.1, -0.05) is 13.0 Å². The van der Waals surface area contributed by atoms with Crippen LogP contribution in [0.4, 0.5) is 0 Å². The van der Waals surface area contributed by atoms with E-state index in [-0.39, 0.29) is 0 Å². The molecular weight excluding hydrogens is 248 g/mol. The quantitative estimate of drug-likeness (QED) is 0.897. The zero-order valence-electron chi connectivity index (χ0n) is 13.1. The van der Waals surface area contributed by atoms with Crippen LogP contribution in [0.15, 0.2) is 18.2 Å². The van der Waals surface area contributed by atoms with Crippen molar-refractivity contribution in [3.63, 3.8) is 0 Å². The van der Waals surface area contributed by atoms with Crippen molar-refractivity contribution in [1.82, 2.24) is 4.90 Å². The molecule has 1 aromatic rings. The summed E-state index contributed by atoms with van der Waals surface area (Å²) in [6, 6.07) is 6.97. The minimum Gasteiger partial charge on any atom is -0.496 e. The molecule has 0 aromatic heterocycles. The molecule has 3 heteroatoms. The van der Waals surface area contributed by atoms with E-state index in [0.717, 1.165) is 18.2 Å². The van der Waals surface area contributed by atoms with E-state index in [0.29, 0.717) is 12.6 Å². The van der Waals surface area contributed by atoms with E-state index in [1.54, 1.807) is 7.11 Å².